The molecule has 0 spiro atoms. The molecule has 96 valence electrons. The van der Waals surface area contributed by atoms with Gasteiger partial charge in [-0.1, -0.05) is 12.1 Å². The lowest BCUT2D eigenvalue weighted by Crippen LogP contribution is -2.26. The fourth-order valence-electron chi connectivity index (χ4n) is 1.98. The van der Waals surface area contributed by atoms with E-state index in [9.17, 15) is 13.9 Å². The van der Waals surface area contributed by atoms with Crippen molar-refractivity contribution in [1.82, 2.24) is 9.78 Å². The van der Waals surface area contributed by atoms with Gasteiger partial charge < -0.3 is 5.11 Å². The molecule has 3 nitrogen and oxygen atoms in total. The maximum absolute atomic E-state index is 13.6. The quantitative estimate of drug-likeness (QED) is 0.909. The SMILES string of the molecule is Cn1cc(CC(C)(O)c2cccc(F)c2F)cn1. The van der Waals surface area contributed by atoms with E-state index in [1.165, 1.54) is 19.1 Å². The normalized spacial score (nSPS) is 14.5. The van der Waals surface area contributed by atoms with Crippen molar-refractivity contribution in [2.75, 3.05) is 0 Å². The molecular formula is C13H14F2N2O. The molecule has 0 saturated carbocycles. The van der Waals surface area contributed by atoms with E-state index < -0.39 is 17.2 Å². The van der Waals surface area contributed by atoms with Gasteiger partial charge >= 0.3 is 0 Å². The van der Waals surface area contributed by atoms with Crippen LogP contribution in [0.25, 0.3) is 0 Å². The second-order valence-corrected chi connectivity index (χ2v) is 4.57. The number of aliphatic hydroxyl groups is 1. The van der Waals surface area contributed by atoms with Crippen LogP contribution in [0.1, 0.15) is 18.1 Å². The third-order valence-electron chi connectivity index (χ3n) is 2.84. The maximum Gasteiger partial charge on any atom is 0.164 e. The van der Waals surface area contributed by atoms with Crippen LogP contribution in [-0.4, -0.2) is 14.9 Å². The Bertz CT molecular complexity index is 564. The van der Waals surface area contributed by atoms with Crippen molar-refractivity contribution >= 4 is 0 Å². The molecule has 0 aliphatic rings. The summed E-state index contributed by atoms with van der Waals surface area (Å²) in [6.07, 6.45) is 3.48. The third-order valence-corrected chi connectivity index (χ3v) is 2.84. The molecule has 1 atom stereocenters. The highest BCUT2D eigenvalue weighted by molar-refractivity contribution is 5.27. The first-order valence-electron chi connectivity index (χ1n) is 5.54. The third kappa shape index (κ3) is 2.41. The van der Waals surface area contributed by atoms with Gasteiger partial charge in [0.15, 0.2) is 11.6 Å². The summed E-state index contributed by atoms with van der Waals surface area (Å²) in [7, 11) is 1.75. The number of aromatic nitrogens is 2. The van der Waals surface area contributed by atoms with Gasteiger partial charge in [0.1, 0.15) is 0 Å². The van der Waals surface area contributed by atoms with Crippen LogP contribution in [0.3, 0.4) is 0 Å². The van der Waals surface area contributed by atoms with E-state index >= 15 is 0 Å². The zero-order valence-electron chi connectivity index (χ0n) is 10.2. The van der Waals surface area contributed by atoms with Crippen molar-refractivity contribution in [3.63, 3.8) is 0 Å². The fourth-order valence-corrected chi connectivity index (χ4v) is 1.98. The van der Waals surface area contributed by atoms with E-state index in [1.54, 1.807) is 24.1 Å². The molecule has 0 aliphatic carbocycles. The van der Waals surface area contributed by atoms with Gasteiger partial charge in [-0.05, 0) is 18.6 Å². The molecule has 0 aliphatic heterocycles. The molecule has 0 fully saturated rings. The predicted molar refractivity (Wildman–Crippen MR) is 62.8 cm³/mol. The zero-order valence-corrected chi connectivity index (χ0v) is 10.2. The van der Waals surface area contributed by atoms with Gasteiger partial charge in [0.2, 0.25) is 0 Å². The summed E-state index contributed by atoms with van der Waals surface area (Å²) in [5.74, 6) is -1.97. The van der Waals surface area contributed by atoms with Crippen LogP contribution in [0.2, 0.25) is 0 Å². The molecule has 1 unspecified atom stereocenters. The Morgan fingerprint density at radius 1 is 1.39 bits per heavy atom. The molecule has 1 heterocycles. The molecule has 5 heteroatoms. The summed E-state index contributed by atoms with van der Waals surface area (Å²) in [4.78, 5) is 0. The molecule has 0 bridgehead atoms. The van der Waals surface area contributed by atoms with Crippen LogP contribution in [-0.2, 0) is 19.1 Å². The highest BCUT2D eigenvalue weighted by Gasteiger charge is 2.28. The number of hydrogen-bond acceptors (Lipinski definition) is 2. The smallest absolute Gasteiger partial charge is 0.164 e. The highest BCUT2D eigenvalue weighted by Crippen LogP contribution is 2.28. The van der Waals surface area contributed by atoms with Gasteiger partial charge in [0.25, 0.3) is 0 Å². The Hall–Kier alpha value is -1.75. The van der Waals surface area contributed by atoms with Gasteiger partial charge in [0, 0.05) is 25.2 Å². The van der Waals surface area contributed by atoms with Crippen molar-refractivity contribution in [3.05, 3.63) is 53.4 Å². The first-order valence-corrected chi connectivity index (χ1v) is 5.54. The molecule has 0 amide bonds. The first kappa shape index (κ1) is 12.7. The largest absolute Gasteiger partial charge is 0.385 e. The minimum Gasteiger partial charge on any atom is -0.385 e. The second-order valence-electron chi connectivity index (χ2n) is 4.57. The maximum atomic E-state index is 13.6. The summed E-state index contributed by atoms with van der Waals surface area (Å²) < 4.78 is 28.4. The Morgan fingerprint density at radius 2 is 2.11 bits per heavy atom. The summed E-state index contributed by atoms with van der Waals surface area (Å²) in [5.41, 5.74) is -0.771. The Balaban J connectivity index is 2.33. The van der Waals surface area contributed by atoms with E-state index in [1.807, 2.05) is 0 Å². The van der Waals surface area contributed by atoms with Gasteiger partial charge in [0.05, 0.1) is 11.8 Å². The van der Waals surface area contributed by atoms with Gasteiger partial charge in [-0.15, -0.1) is 0 Å². The van der Waals surface area contributed by atoms with E-state index in [2.05, 4.69) is 5.10 Å². The van der Waals surface area contributed by atoms with Crippen LogP contribution in [0.15, 0.2) is 30.6 Å². The molecule has 1 N–H and O–H groups in total. The first-order chi connectivity index (χ1) is 8.40. The Morgan fingerprint density at radius 3 is 2.72 bits per heavy atom. The average Bonchev–Trinajstić information content (AvgIpc) is 2.67. The van der Waals surface area contributed by atoms with E-state index in [0.717, 1.165) is 11.6 Å². The monoisotopic (exact) mass is 252 g/mol. The minimum absolute atomic E-state index is 0.0497. The molecule has 2 rings (SSSR count). The lowest BCUT2D eigenvalue weighted by Gasteiger charge is -2.23. The molecular weight excluding hydrogens is 238 g/mol. The Labute approximate surface area is 104 Å². The topological polar surface area (TPSA) is 38.0 Å². The van der Waals surface area contributed by atoms with Crippen LogP contribution >= 0.6 is 0 Å². The number of rotatable bonds is 3. The van der Waals surface area contributed by atoms with Crippen LogP contribution < -0.4 is 0 Å². The molecule has 1 aromatic carbocycles. The predicted octanol–water partition coefficient (Wildman–Crippen LogP) is 2.15. The van der Waals surface area contributed by atoms with Gasteiger partial charge in [-0.25, -0.2) is 8.78 Å². The van der Waals surface area contributed by atoms with Crippen molar-refractivity contribution < 1.29 is 13.9 Å². The van der Waals surface area contributed by atoms with E-state index in [-0.39, 0.29) is 12.0 Å². The summed E-state index contributed by atoms with van der Waals surface area (Å²) >= 11 is 0. The molecule has 1 aromatic heterocycles. The number of halogens is 2. The molecule has 2 aromatic rings. The van der Waals surface area contributed by atoms with Crippen molar-refractivity contribution in [2.45, 2.75) is 18.9 Å². The van der Waals surface area contributed by atoms with Crippen molar-refractivity contribution in [2.24, 2.45) is 7.05 Å². The van der Waals surface area contributed by atoms with Gasteiger partial charge in [-0.3, -0.25) is 4.68 Å². The number of nitrogens with zero attached hydrogens (tertiary/aromatic N) is 2. The summed E-state index contributed by atoms with van der Waals surface area (Å²) in [6.45, 7) is 1.46. The van der Waals surface area contributed by atoms with Crippen LogP contribution in [0.5, 0.6) is 0 Å². The standard InChI is InChI=1S/C13H14F2N2O/c1-13(18,6-9-7-16-17(2)8-9)10-4-3-5-11(14)12(10)15/h3-5,7-8,18H,6H2,1-2H3. The zero-order chi connectivity index (χ0) is 13.3. The molecule has 18 heavy (non-hydrogen) atoms. The average molecular weight is 252 g/mol. The minimum atomic E-state index is -1.48. The number of aryl methyl sites for hydroxylation is 1. The van der Waals surface area contributed by atoms with Crippen LogP contribution in [0.4, 0.5) is 8.78 Å². The summed E-state index contributed by atoms with van der Waals surface area (Å²) in [5, 5.41) is 14.3. The van der Waals surface area contributed by atoms with Crippen LogP contribution in [0, 0.1) is 11.6 Å². The van der Waals surface area contributed by atoms with E-state index in [4.69, 9.17) is 0 Å². The molecule has 0 radical (unpaired) electrons. The number of benzene rings is 1. The Kier molecular flexibility index (Phi) is 3.17. The summed E-state index contributed by atoms with van der Waals surface area (Å²) in [6, 6.07) is 3.79. The second kappa shape index (κ2) is 4.49. The van der Waals surface area contributed by atoms with Crippen molar-refractivity contribution in [1.29, 1.82) is 0 Å². The van der Waals surface area contributed by atoms with E-state index in [0.29, 0.717) is 0 Å². The highest BCUT2D eigenvalue weighted by atomic mass is 19.2. The fraction of sp³-hybridized carbons (Fsp3) is 0.308. The van der Waals surface area contributed by atoms with Crippen molar-refractivity contribution in [3.8, 4) is 0 Å². The van der Waals surface area contributed by atoms with Gasteiger partial charge in [-0.2, -0.15) is 5.10 Å². The lowest BCUT2D eigenvalue weighted by molar-refractivity contribution is 0.0530. The lowest BCUT2D eigenvalue weighted by atomic mass is 9.89. The molecule has 0 saturated heterocycles. The number of hydrogen-bond donors (Lipinski definition) is 1.